The first-order chi connectivity index (χ1) is 10.2. The van der Waals surface area contributed by atoms with Gasteiger partial charge in [0.05, 0.1) is 31.5 Å². The molecule has 0 saturated carbocycles. The maximum atomic E-state index is 11.8. The molecule has 1 rings (SSSR count). The van der Waals surface area contributed by atoms with Crippen LogP contribution < -0.4 is 20.1 Å². The molecule has 0 bridgehead atoms. The third-order valence-electron chi connectivity index (χ3n) is 2.78. The van der Waals surface area contributed by atoms with Crippen molar-refractivity contribution in [3.8, 4) is 11.5 Å². The van der Waals surface area contributed by atoms with Gasteiger partial charge in [-0.25, -0.2) is 9.59 Å². The molecule has 1 aromatic rings. The number of anilines is 1. The number of carboxylic acid groups (broad SMARTS) is 1. The molecule has 0 aliphatic carbocycles. The molecule has 0 aliphatic rings. The Labute approximate surface area is 132 Å². The molecule has 0 radical (unpaired) electrons. The molecule has 122 valence electrons. The number of methoxy groups -OCH3 is 2. The molecule has 0 saturated heterocycles. The number of hydrogen-bond acceptors (Lipinski definition) is 5. The molecule has 1 unspecified atom stereocenters. The number of rotatable bonds is 6. The number of benzene rings is 1. The van der Waals surface area contributed by atoms with E-state index in [1.807, 2.05) is 0 Å². The van der Waals surface area contributed by atoms with Gasteiger partial charge < -0.3 is 30.3 Å². The fourth-order valence-electron chi connectivity index (χ4n) is 1.45. The van der Waals surface area contributed by atoms with Crippen LogP contribution in [0.3, 0.4) is 0 Å². The van der Waals surface area contributed by atoms with Crippen LogP contribution in [0.2, 0.25) is 5.02 Å². The predicted octanol–water partition coefficient (Wildman–Crippen LogP) is 1.31. The molecular formula is C13H17ClN2O6. The van der Waals surface area contributed by atoms with Crippen LogP contribution in [0.5, 0.6) is 11.5 Å². The number of amides is 2. The minimum atomic E-state index is -2.07. The van der Waals surface area contributed by atoms with Crippen LogP contribution in [-0.2, 0) is 4.79 Å². The molecule has 0 aliphatic heterocycles. The van der Waals surface area contributed by atoms with Crippen LogP contribution in [0, 0.1) is 0 Å². The normalized spacial score (nSPS) is 13.0. The number of carbonyl (C=O) groups excluding carboxylic acids is 1. The van der Waals surface area contributed by atoms with Crippen LogP contribution in [-0.4, -0.2) is 48.6 Å². The van der Waals surface area contributed by atoms with Gasteiger partial charge in [0, 0.05) is 6.07 Å². The van der Waals surface area contributed by atoms with E-state index < -0.39 is 24.1 Å². The predicted molar refractivity (Wildman–Crippen MR) is 79.8 cm³/mol. The molecule has 0 heterocycles. The molecule has 0 fully saturated rings. The Morgan fingerprint density at radius 2 is 1.86 bits per heavy atom. The van der Waals surface area contributed by atoms with Crippen molar-refractivity contribution in [1.29, 1.82) is 0 Å². The SMILES string of the molecule is COc1cc(OC)c(NC(=O)NCC(C)(O)C(=O)O)cc1Cl. The summed E-state index contributed by atoms with van der Waals surface area (Å²) in [4.78, 5) is 22.5. The third-order valence-corrected chi connectivity index (χ3v) is 3.07. The highest BCUT2D eigenvalue weighted by molar-refractivity contribution is 6.32. The van der Waals surface area contributed by atoms with Crippen LogP contribution in [0.15, 0.2) is 12.1 Å². The molecular weight excluding hydrogens is 316 g/mol. The summed E-state index contributed by atoms with van der Waals surface area (Å²) >= 11 is 5.96. The Morgan fingerprint density at radius 1 is 1.27 bits per heavy atom. The second-order valence-electron chi connectivity index (χ2n) is 4.57. The molecule has 8 nitrogen and oxygen atoms in total. The first-order valence-electron chi connectivity index (χ1n) is 6.13. The zero-order chi connectivity index (χ0) is 16.9. The van der Waals surface area contributed by atoms with E-state index in [1.165, 1.54) is 26.4 Å². The van der Waals surface area contributed by atoms with E-state index in [0.717, 1.165) is 6.92 Å². The van der Waals surface area contributed by atoms with Crippen molar-refractivity contribution in [3.63, 3.8) is 0 Å². The van der Waals surface area contributed by atoms with Crippen molar-refractivity contribution in [2.75, 3.05) is 26.1 Å². The summed E-state index contributed by atoms with van der Waals surface area (Å²) in [7, 11) is 2.84. The molecule has 22 heavy (non-hydrogen) atoms. The average molecular weight is 333 g/mol. The average Bonchev–Trinajstić information content (AvgIpc) is 2.45. The van der Waals surface area contributed by atoms with Crippen molar-refractivity contribution in [2.45, 2.75) is 12.5 Å². The van der Waals surface area contributed by atoms with Gasteiger partial charge in [-0.3, -0.25) is 0 Å². The largest absolute Gasteiger partial charge is 0.495 e. The maximum Gasteiger partial charge on any atom is 0.337 e. The first kappa shape index (κ1) is 17.9. The van der Waals surface area contributed by atoms with Gasteiger partial charge in [0.2, 0.25) is 0 Å². The monoisotopic (exact) mass is 332 g/mol. The minimum Gasteiger partial charge on any atom is -0.495 e. The highest BCUT2D eigenvalue weighted by Crippen LogP contribution is 2.35. The lowest BCUT2D eigenvalue weighted by Gasteiger charge is -2.19. The van der Waals surface area contributed by atoms with E-state index in [9.17, 15) is 14.7 Å². The van der Waals surface area contributed by atoms with Crippen molar-refractivity contribution in [1.82, 2.24) is 5.32 Å². The van der Waals surface area contributed by atoms with E-state index in [1.54, 1.807) is 0 Å². The van der Waals surface area contributed by atoms with Crippen molar-refractivity contribution >= 4 is 29.3 Å². The maximum absolute atomic E-state index is 11.8. The number of nitrogens with one attached hydrogen (secondary N) is 2. The van der Waals surface area contributed by atoms with Crippen LogP contribution in [0.1, 0.15) is 6.92 Å². The molecule has 0 spiro atoms. The van der Waals surface area contributed by atoms with E-state index in [-0.39, 0.29) is 10.7 Å². The Kier molecular flexibility index (Phi) is 5.84. The van der Waals surface area contributed by atoms with E-state index in [2.05, 4.69) is 10.6 Å². The summed E-state index contributed by atoms with van der Waals surface area (Å²) in [6.07, 6.45) is 0. The van der Waals surface area contributed by atoms with E-state index in [0.29, 0.717) is 11.5 Å². The number of hydrogen-bond donors (Lipinski definition) is 4. The Balaban J connectivity index is 2.80. The van der Waals surface area contributed by atoms with Crippen molar-refractivity contribution in [3.05, 3.63) is 17.2 Å². The molecule has 2 amide bonds. The zero-order valence-corrected chi connectivity index (χ0v) is 13.0. The van der Waals surface area contributed by atoms with Crippen LogP contribution in [0.4, 0.5) is 10.5 Å². The van der Waals surface area contributed by atoms with E-state index >= 15 is 0 Å². The minimum absolute atomic E-state index is 0.260. The fourth-order valence-corrected chi connectivity index (χ4v) is 1.69. The second kappa shape index (κ2) is 7.19. The number of urea groups is 1. The van der Waals surface area contributed by atoms with Gasteiger partial charge in [-0.1, -0.05) is 11.6 Å². The summed E-state index contributed by atoms with van der Waals surface area (Å²) < 4.78 is 10.1. The number of carboxylic acids is 1. The Bertz CT molecular complexity index is 576. The highest BCUT2D eigenvalue weighted by atomic mass is 35.5. The summed E-state index contributed by atoms with van der Waals surface area (Å²) in [6.45, 7) is 0.598. The third kappa shape index (κ3) is 4.40. The van der Waals surface area contributed by atoms with Gasteiger partial charge in [0.25, 0.3) is 0 Å². The van der Waals surface area contributed by atoms with Crippen LogP contribution in [0.25, 0.3) is 0 Å². The number of aliphatic hydroxyl groups is 1. The molecule has 1 atom stereocenters. The topological polar surface area (TPSA) is 117 Å². The molecule has 4 N–H and O–H groups in total. The van der Waals surface area contributed by atoms with Crippen molar-refractivity contribution in [2.24, 2.45) is 0 Å². The number of aliphatic carboxylic acids is 1. The lowest BCUT2D eigenvalue weighted by molar-refractivity contribution is -0.155. The van der Waals surface area contributed by atoms with Gasteiger partial charge in [0.1, 0.15) is 11.5 Å². The lowest BCUT2D eigenvalue weighted by Crippen LogP contribution is -2.47. The summed E-state index contributed by atoms with van der Waals surface area (Å²) in [5, 5.41) is 23.2. The summed E-state index contributed by atoms with van der Waals surface area (Å²) in [5.41, 5.74) is -1.81. The number of carbonyl (C=O) groups is 2. The second-order valence-corrected chi connectivity index (χ2v) is 4.98. The van der Waals surface area contributed by atoms with Gasteiger partial charge in [-0.15, -0.1) is 0 Å². The Morgan fingerprint density at radius 3 is 2.36 bits per heavy atom. The van der Waals surface area contributed by atoms with Gasteiger partial charge in [0.15, 0.2) is 5.60 Å². The van der Waals surface area contributed by atoms with E-state index in [4.69, 9.17) is 26.2 Å². The zero-order valence-electron chi connectivity index (χ0n) is 12.3. The van der Waals surface area contributed by atoms with Gasteiger partial charge >= 0.3 is 12.0 Å². The first-order valence-corrected chi connectivity index (χ1v) is 6.51. The highest BCUT2D eigenvalue weighted by Gasteiger charge is 2.30. The standard InChI is InChI=1S/C13H17ClN2O6/c1-13(20,11(17)18)6-15-12(19)16-8-4-7(14)9(21-2)5-10(8)22-3/h4-5,20H,6H2,1-3H3,(H,17,18)(H2,15,16,19). The fraction of sp³-hybridized carbons (Fsp3) is 0.385. The van der Waals surface area contributed by atoms with Crippen molar-refractivity contribution < 1.29 is 29.3 Å². The summed E-state index contributed by atoms with van der Waals surface area (Å²) in [5.74, 6) is -0.766. The molecule has 1 aromatic carbocycles. The Hall–Kier alpha value is -2.19. The summed E-state index contributed by atoms with van der Waals surface area (Å²) in [6, 6.07) is 2.19. The van der Waals surface area contributed by atoms with Crippen LogP contribution >= 0.6 is 11.6 Å². The van der Waals surface area contributed by atoms with Gasteiger partial charge in [-0.05, 0) is 13.0 Å². The van der Waals surface area contributed by atoms with Gasteiger partial charge in [-0.2, -0.15) is 0 Å². The quantitative estimate of drug-likeness (QED) is 0.624. The number of ether oxygens (including phenoxy) is 2. The smallest absolute Gasteiger partial charge is 0.337 e. The molecule has 0 aromatic heterocycles. The lowest BCUT2D eigenvalue weighted by atomic mass is 10.1. The number of halogens is 1. The molecule has 9 heteroatoms.